The van der Waals surface area contributed by atoms with Crippen molar-refractivity contribution in [3.8, 4) is 28.3 Å². The number of imidazole rings is 1. The van der Waals surface area contributed by atoms with Gasteiger partial charge in [0, 0.05) is 49.7 Å². The van der Waals surface area contributed by atoms with Crippen LogP contribution in [0, 0.1) is 0 Å². The van der Waals surface area contributed by atoms with Gasteiger partial charge in [0.15, 0.2) is 11.5 Å². The number of carbonyl (C=O) groups excluding carboxylic acids is 1. The molecule has 0 unspecified atom stereocenters. The Bertz CT molecular complexity index is 1770. The Hall–Kier alpha value is -5.08. The van der Waals surface area contributed by atoms with Crippen molar-refractivity contribution >= 4 is 22.9 Å². The van der Waals surface area contributed by atoms with E-state index in [-0.39, 0.29) is 11.9 Å². The number of anilines is 1. The molecule has 0 radical (unpaired) electrons. The van der Waals surface area contributed by atoms with Crippen LogP contribution in [0.25, 0.3) is 39.5 Å². The fraction of sp³-hybridized carbons (Fsp3) is 0.222. The maximum atomic E-state index is 12.5. The van der Waals surface area contributed by atoms with Gasteiger partial charge in [-0.05, 0) is 67.3 Å². The number of fused-ring (bicyclic) bond motifs is 1. The van der Waals surface area contributed by atoms with E-state index in [4.69, 9.17) is 15.7 Å². The first-order chi connectivity index (χ1) is 21.6. The normalized spacial score (nSPS) is 14.0. The van der Waals surface area contributed by atoms with Gasteiger partial charge in [-0.3, -0.25) is 14.3 Å². The van der Waals surface area contributed by atoms with Crippen molar-refractivity contribution in [3.63, 3.8) is 0 Å². The topological polar surface area (TPSA) is 93.2 Å². The molecule has 0 spiro atoms. The number of nitrogens with zero attached hydrogens (tertiary/aromatic N) is 6. The molecule has 1 aliphatic rings. The van der Waals surface area contributed by atoms with Crippen LogP contribution < -0.4 is 5.73 Å². The predicted molar refractivity (Wildman–Crippen MR) is 177 cm³/mol. The number of nitrogen functional groups attached to an aromatic ring is 1. The number of carbonyl (C=O) groups is 1. The molecule has 44 heavy (non-hydrogen) atoms. The highest BCUT2D eigenvalue weighted by molar-refractivity contribution is 5.87. The number of rotatable bonds is 10. The van der Waals surface area contributed by atoms with E-state index in [0.717, 1.165) is 72.6 Å². The highest BCUT2D eigenvalue weighted by atomic mass is 16.2. The second kappa shape index (κ2) is 13.1. The number of likely N-dealkylation sites (tertiary alicyclic amines) is 1. The maximum Gasteiger partial charge on any atom is 0.246 e. The van der Waals surface area contributed by atoms with Crippen LogP contribution in [0.4, 0.5) is 5.82 Å². The molecule has 6 rings (SSSR count). The molecule has 5 aromatic rings. The summed E-state index contributed by atoms with van der Waals surface area (Å²) < 4.78 is 2.07. The van der Waals surface area contributed by atoms with Gasteiger partial charge in [0.05, 0.1) is 11.3 Å². The van der Waals surface area contributed by atoms with E-state index in [1.807, 2.05) is 53.4 Å². The minimum atomic E-state index is 0.00528. The summed E-state index contributed by atoms with van der Waals surface area (Å²) in [4.78, 5) is 31.2. The Morgan fingerprint density at radius 1 is 0.955 bits per heavy atom. The minimum absolute atomic E-state index is 0.00528. The van der Waals surface area contributed by atoms with Gasteiger partial charge in [0.2, 0.25) is 5.91 Å². The standard InChI is InChI=1S/C36H37N7O/c1-3-5-22-42(33(44)4-2)28-19-23-41(24-20-28)25-26-13-15-29(16-14-26)43-35(30-12-9-21-38-34(30)37)40-32-18-17-31(39-36(32)43)27-10-7-6-8-11-27/h3-4,6-18,21,28H,1-2,5,19-20,22-25H2,(H2,37,38). The molecule has 2 N–H and O–H groups in total. The summed E-state index contributed by atoms with van der Waals surface area (Å²) in [6, 6.07) is 26.8. The lowest BCUT2D eigenvalue weighted by Crippen LogP contribution is -2.47. The van der Waals surface area contributed by atoms with Crippen LogP contribution in [0.1, 0.15) is 24.8 Å². The van der Waals surface area contributed by atoms with Crippen LogP contribution in [0.2, 0.25) is 0 Å². The van der Waals surface area contributed by atoms with Crippen molar-refractivity contribution in [2.75, 3.05) is 25.4 Å². The number of piperidine rings is 1. The van der Waals surface area contributed by atoms with E-state index < -0.39 is 0 Å². The number of hydrogen-bond donors (Lipinski definition) is 1. The molecule has 0 aliphatic carbocycles. The second-order valence-corrected chi connectivity index (χ2v) is 11.1. The van der Waals surface area contributed by atoms with Crippen LogP contribution in [0.15, 0.2) is 110 Å². The van der Waals surface area contributed by atoms with Crippen LogP contribution in [0.3, 0.4) is 0 Å². The quantitative estimate of drug-likeness (QED) is 0.154. The monoisotopic (exact) mass is 583 g/mol. The van der Waals surface area contributed by atoms with Gasteiger partial charge < -0.3 is 10.6 Å². The summed E-state index contributed by atoms with van der Waals surface area (Å²) in [6.45, 7) is 10.9. The Morgan fingerprint density at radius 2 is 1.73 bits per heavy atom. The molecule has 0 saturated carbocycles. The summed E-state index contributed by atoms with van der Waals surface area (Å²) in [7, 11) is 0. The van der Waals surface area contributed by atoms with Crippen molar-refractivity contribution in [3.05, 3.63) is 116 Å². The van der Waals surface area contributed by atoms with Gasteiger partial charge in [-0.2, -0.15) is 0 Å². The van der Waals surface area contributed by atoms with E-state index in [1.54, 1.807) is 6.20 Å². The number of nitrogens with two attached hydrogens (primary N) is 1. The molecule has 222 valence electrons. The molecule has 2 aromatic carbocycles. The third-order valence-corrected chi connectivity index (χ3v) is 8.28. The largest absolute Gasteiger partial charge is 0.383 e. The zero-order chi connectivity index (χ0) is 30.5. The number of pyridine rings is 2. The van der Waals surface area contributed by atoms with E-state index >= 15 is 0 Å². The SMILES string of the molecule is C=CCCN(C(=O)C=C)C1CCN(Cc2ccc(-n3c(-c4cccnc4N)nc4ccc(-c5ccccc5)nc43)cc2)CC1. The number of amides is 1. The number of aromatic nitrogens is 4. The molecule has 1 fully saturated rings. The summed E-state index contributed by atoms with van der Waals surface area (Å²) >= 11 is 0. The Labute approximate surface area is 258 Å². The second-order valence-electron chi connectivity index (χ2n) is 11.1. The zero-order valence-corrected chi connectivity index (χ0v) is 24.8. The first-order valence-electron chi connectivity index (χ1n) is 15.1. The van der Waals surface area contributed by atoms with E-state index in [1.165, 1.54) is 11.6 Å². The summed E-state index contributed by atoms with van der Waals surface area (Å²) in [5.41, 5.74) is 12.7. The van der Waals surface area contributed by atoms with Crippen molar-refractivity contribution in [1.29, 1.82) is 0 Å². The Kier molecular flexibility index (Phi) is 8.61. The molecule has 8 nitrogen and oxygen atoms in total. The average molecular weight is 584 g/mol. The van der Waals surface area contributed by atoms with Gasteiger partial charge in [0.1, 0.15) is 11.3 Å². The fourth-order valence-electron chi connectivity index (χ4n) is 5.98. The van der Waals surface area contributed by atoms with Crippen molar-refractivity contribution < 1.29 is 4.79 Å². The Balaban J connectivity index is 1.26. The smallest absolute Gasteiger partial charge is 0.246 e. The van der Waals surface area contributed by atoms with Crippen molar-refractivity contribution in [2.24, 2.45) is 0 Å². The van der Waals surface area contributed by atoms with Crippen LogP contribution in [-0.2, 0) is 11.3 Å². The third kappa shape index (κ3) is 6.02. The highest BCUT2D eigenvalue weighted by Gasteiger charge is 2.26. The van der Waals surface area contributed by atoms with Crippen LogP contribution in [-0.4, -0.2) is 60.9 Å². The number of hydrogen-bond acceptors (Lipinski definition) is 6. The minimum Gasteiger partial charge on any atom is -0.383 e. The van der Waals surface area contributed by atoms with Gasteiger partial charge in [0.25, 0.3) is 0 Å². The molecule has 3 aromatic heterocycles. The van der Waals surface area contributed by atoms with Crippen molar-refractivity contribution in [2.45, 2.75) is 31.8 Å². The molecule has 0 atom stereocenters. The van der Waals surface area contributed by atoms with Crippen LogP contribution >= 0.6 is 0 Å². The fourth-order valence-corrected chi connectivity index (χ4v) is 5.98. The summed E-state index contributed by atoms with van der Waals surface area (Å²) in [6.07, 6.45) is 7.65. The molecule has 1 aliphatic heterocycles. The molecule has 4 heterocycles. The van der Waals surface area contributed by atoms with Crippen LogP contribution in [0.5, 0.6) is 0 Å². The first kappa shape index (κ1) is 29.0. The van der Waals surface area contributed by atoms with Gasteiger partial charge in [-0.1, -0.05) is 55.1 Å². The lowest BCUT2D eigenvalue weighted by molar-refractivity contribution is -0.129. The van der Waals surface area contributed by atoms with E-state index in [9.17, 15) is 4.79 Å². The third-order valence-electron chi connectivity index (χ3n) is 8.28. The molecule has 1 amide bonds. The summed E-state index contributed by atoms with van der Waals surface area (Å²) in [5.74, 6) is 1.13. The Morgan fingerprint density at radius 3 is 2.43 bits per heavy atom. The maximum absolute atomic E-state index is 12.5. The lowest BCUT2D eigenvalue weighted by atomic mass is 10.0. The van der Waals surface area contributed by atoms with Gasteiger partial charge in [-0.25, -0.2) is 15.0 Å². The average Bonchev–Trinajstić information content (AvgIpc) is 3.45. The summed E-state index contributed by atoms with van der Waals surface area (Å²) in [5, 5.41) is 0. The van der Waals surface area contributed by atoms with Gasteiger partial charge >= 0.3 is 0 Å². The zero-order valence-electron chi connectivity index (χ0n) is 24.8. The molecular formula is C36H37N7O. The molecule has 1 saturated heterocycles. The number of benzene rings is 2. The predicted octanol–water partition coefficient (Wildman–Crippen LogP) is 6.29. The van der Waals surface area contributed by atoms with E-state index in [0.29, 0.717) is 18.2 Å². The molecule has 0 bridgehead atoms. The van der Waals surface area contributed by atoms with E-state index in [2.05, 4.69) is 64.0 Å². The highest BCUT2D eigenvalue weighted by Crippen LogP contribution is 2.32. The van der Waals surface area contributed by atoms with Gasteiger partial charge in [-0.15, -0.1) is 6.58 Å². The molecular weight excluding hydrogens is 546 g/mol. The molecule has 8 heteroatoms. The lowest BCUT2D eigenvalue weighted by Gasteiger charge is -2.38. The van der Waals surface area contributed by atoms with Crippen molar-refractivity contribution in [1.82, 2.24) is 29.3 Å². The first-order valence-corrected chi connectivity index (χ1v) is 15.1.